The van der Waals surface area contributed by atoms with Gasteiger partial charge in [0.1, 0.15) is 5.92 Å². The Balaban J connectivity index is 3.08. The largest absolute Gasteiger partial charge is 0.481 e. The van der Waals surface area contributed by atoms with Crippen LogP contribution in [0.15, 0.2) is 24.3 Å². The molecule has 0 aliphatic carbocycles. The molecule has 0 aliphatic rings. The highest BCUT2D eigenvalue weighted by Gasteiger charge is 2.20. The summed E-state index contributed by atoms with van der Waals surface area (Å²) in [5, 5.41) is 26.7. The van der Waals surface area contributed by atoms with Gasteiger partial charge in [-0.2, -0.15) is 0 Å². The number of hydrogen-bond donors (Lipinski definition) is 3. The summed E-state index contributed by atoms with van der Waals surface area (Å²) < 4.78 is 0. The zero-order chi connectivity index (χ0) is 10.6. The molecule has 0 fully saturated rings. The van der Waals surface area contributed by atoms with Crippen LogP contribution in [-0.4, -0.2) is 27.9 Å². The van der Waals surface area contributed by atoms with Gasteiger partial charge in [-0.05, 0) is 11.1 Å². The number of carboxylic acid groups (broad SMARTS) is 1. The molecule has 0 aliphatic heterocycles. The molecule has 0 aromatic heterocycles. The summed E-state index contributed by atoms with van der Waals surface area (Å²) in [6.07, 6.45) is 0. The Kier molecular flexibility index (Phi) is 3.62. The van der Waals surface area contributed by atoms with Crippen LogP contribution in [0.1, 0.15) is 17.0 Å². The average Bonchev–Trinajstić information content (AvgIpc) is 2.19. The summed E-state index contributed by atoms with van der Waals surface area (Å²) >= 11 is 0. The molecule has 1 aromatic carbocycles. The number of hydrogen-bond acceptors (Lipinski definition) is 3. The average molecular weight is 196 g/mol. The molecule has 76 valence electrons. The van der Waals surface area contributed by atoms with Crippen molar-refractivity contribution in [1.82, 2.24) is 0 Å². The second-order valence-corrected chi connectivity index (χ2v) is 2.93. The van der Waals surface area contributed by atoms with E-state index >= 15 is 0 Å². The van der Waals surface area contributed by atoms with Crippen LogP contribution in [0.4, 0.5) is 0 Å². The maximum absolute atomic E-state index is 10.8. The molecule has 0 spiro atoms. The number of aliphatic carboxylic acids is 1. The highest BCUT2D eigenvalue weighted by Crippen LogP contribution is 2.20. The van der Waals surface area contributed by atoms with Crippen LogP contribution in [0, 0.1) is 0 Å². The van der Waals surface area contributed by atoms with Gasteiger partial charge in [-0.3, -0.25) is 4.79 Å². The van der Waals surface area contributed by atoms with Crippen molar-refractivity contribution in [3.63, 3.8) is 0 Å². The molecule has 4 heteroatoms. The van der Waals surface area contributed by atoms with Crippen LogP contribution in [0.2, 0.25) is 0 Å². The smallest absolute Gasteiger partial charge is 0.313 e. The summed E-state index contributed by atoms with van der Waals surface area (Å²) in [6, 6.07) is 6.63. The summed E-state index contributed by atoms with van der Waals surface area (Å²) in [7, 11) is 0. The fourth-order valence-electron chi connectivity index (χ4n) is 1.33. The van der Waals surface area contributed by atoms with Gasteiger partial charge in [-0.15, -0.1) is 0 Å². The van der Waals surface area contributed by atoms with Gasteiger partial charge in [0, 0.05) is 0 Å². The topological polar surface area (TPSA) is 77.8 Å². The van der Waals surface area contributed by atoms with Crippen molar-refractivity contribution < 1.29 is 20.1 Å². The molecule has 0 amide bonds. The van der Waals surface area contributed by atoms with Crippen LogP contribution >= 0.6 is 0 Å². The quantitative estimate of drug-likeness (QED) is 0.649. The van der Waals surface area contributed by atoms with Gasteiger partial charge in [0.25, 0.3) is 0 Å². The van der Waals surface area contributed by atoms with E-state index < -0.39 is 18.5 Å². The Hall–Kier alpha value is -1.39. The molecule has 0 saturated carbocycles. The van der Waals surface area contributed by atoms with Gasteiger partial charge in [0.2, 0.25) is 0 Å². The Morgan fingerprint density at radius 1 is 1.29 bits per heavy atom. The van der Waals surface area contributed by atoms with Gasteiger partial charge in [-0.1, -0.05) is 24.3 Å². The minimum Gasteiger partial charge on any atom is -0.481 e. The molecule has 0 saturated heterocycles. The van der Waals surface area contributed by atoms with Gasteiger partial charge in [-0.25, -0.2) is 0 Å². The van der Waals surface area contributed by atoms with E-state index in [0.29, 0.717) is 11.1 Å². The third kappa shape index (κ3) is 2.10. The van der Waals surface area contributed by atoms with E-state index in [1.165, 1.54) is 0 Å². The molecule has 3 N–H and O–H groups in total. The van der Waals surface area contributed by atoms with Gasteiger partial charge >= 0.3 is 5.97 Å². The number of rotatable bonds is 4. The fraction of sp³-hybridized carbons (Fsp3) is 0.300. The molecular formula is C10H12O4. The monoisotopic (exact) mass is 196 g/mol. The molecule has 14 heavy (non-hydrogen) atoms. The predicted octanol–water partition coefficient (Wildman–Crippen LogP) is 0.339. The molecule has 4 nitrogen and oxygen atoms in total. The number of benzene rings is 1. The zero-order valence-electron chi connectivity index (χ0n) is 7.55. The van der Waals surface area contributed by atoms with Crippen molar-refractivity contribution in [2.75, 3.05) is 6.61 Å². The van der Waals surface area contributed by atoms with Crippen molar-refractivity contribution in [2.45, 2.75) is 12.5 Å². The number of carbonyl (C=O) groups is 1. The molecule has 1 aromatic rings. The van der Waals surface area contributed by atoms with E-state index in [1.54, 1.807) is 24.3 Å². The maximum atomic E-state index is 10.8. The van der Waals surface area contributed by atoms with E-state index in [9.17, 15) is 4.79 Å². The third-order valence-electron chi connectivity index (χ3n) is 2.08. The fourth-order valence-corrected chi connectivity index (χ4v) is 1.33. The standard InChI is InChI=1S/C10H12O4/c11-5-7-3-1-2-4-8(7)9(6-12)10(13)14/h1-4,9,11-12H,5-6H2,(H,13,14). The number of aliphatic hydroxyl groups excluding tert-OH is 2. The SMILES string of the molecule is O=C(O)C(CO)c1ccccc1CO. The summed E-state index contributed by atoms with van der Waals surface area (Å²) in [4.78, 5) is 10.8. The van der Waals surface area contributed by atoms with Crippen LogP contribution in [0.5, 0.6) is 0 Å². The molecule has 1 unspecified atom stereocenters. The Labute approximate surface area is 81.4 Å². The third-order valence-corrected chi connectivity index (χ3v) is 2.08. The summed E-state index contributed by atoms with van der Waals surface area (Å²) in [5.74, 6) is -2.05. The molecule has 0 radical (unpaired) electrons. The van der Waals surface area contributed by atoms with Crippen molar-refractivity contribution in [2.24, 2.45) is 0 Å². The Morgan fingerprint density at radius 2 is 1.93 bits per heavy atom. The molecule has 1 rings (SSSR count). The first-order chi connectivity index (χ1) is 6.70. The first kappa shape index (κ1) is 10.7. The summed E-state index contributed by atoms with van der Waals surface area (Å²) in [5.41, 5.74) is 0.999. The van der Waals surface area contributed by atoms with Gasteiger partial charge in [0.15, 0.2) is 0 Å². The highest BCUT2D eigenvalue weighted by molar-refractivity contribution is 5.76. The molecule has 0 bridgehead atoms. The lowest BCUT2D eigenvalue weighted by Gasteiger charge is -2.12. The van der Waals surface area contributed by atoms with E-state index in [1.807, 2.05) is 0 Å². The van der Waals surface area contributed by atoms with Crippen LogP contribution in [0.3, 0.4) is 0 Å². The minimum atomic E-state index is -1.09. The van der Waals surface area contributed by atoms with Gasteiger partial charge < -0.3 is 15.3 Å². The van der Waals surface area contributed by atoms with E-state index in [0.717, 1.165) is 0 Å². The second-order valence-electron chi connectivity index (χ2n) is 2.93. The second kappa shape index (κ2) is 4.74. The number of carboxylic acids is 1. The Morgan fingerprint density at radius 3 is 2.43 bits per heavy atom. The minimum absolute atomic E-state index is 0.222. The summed E-state index contributed by atoms with van der Waals surface area (Å²) in [6.45, 7) is -0.688. The molecular weight excluding hydrogens is 184 g/mol. The lowest BCUT2D eigenvalue weighted by molar-refractivity contribution is -0.139. The molecule has 1 atom stereocenters. The maximum Gasteiger partial charge on any atom is 0.313 e. The Bertz CT molecular complexity index is 322. The van der Waals surface area contributed by atoms with Crippen molar-refractivity contribution in [3.8, 4) is 0 Å². The van der Waals surface area contributed by atoms with E-state index in [4.69, 9.17) is 15.3 Å². The van der Waals surface area contributed by atoms with E-state index in [-0.39, 0.29) is 6.61 Å². The van der Waals surface area contributed by atoms with Gasteiger partial charge in [0.05, 0.1) is 13.2 Å². The van der Waals surface area contributed by atoms with Crippen molar-refractivity contribution in [3.05, 3.63) is 35.4 Å². The zero-order valence-corrected chi connectivity index (χ0v) is 7.55. The van der Waals surface area contributed by atoms with Crippen LogP contribution < -0.4 is 0 Å². The first-order valence-corrected chi connectivity index (χ1v) is 4.23. The normalized spacial score (nSPS) is 12.4. The lowest BCUT2D eigenvalue weighted by Crippen LogP contribution is -2.17. The predicted molar refractivity (Wildman–Crippen MR) is 49.8 cm³/mol. The van der Waals surface area contributed by atoms with Crippen LogP contribution in [-0.2, 0) is 11.4 Å². The first-order valence-electron chi connectivity index (χ1n) is 4.23. The van der Waals surface area contributed by atoms with Crippen molar-refractivity contribution in [1.29, 1.82) is 0 Å². The molecule has 0 heterocycles. The van der Waals surface area contributed by atoms with E-state index in [2.05, 4.69) is 0 Å². The number of aliphatic hydroxyl groups is 2. The van der Waals surface area contributed by atoms with Crippen LogP contribution in [0.25, 0.3) is 0 Å². The van der Waals surface area contributed by atoms with Crippen molar-refractivity contribution >= 4 is 5.97 Å². The lowest BCUT2D eigenvalue weighted by atomic mass is 9.95. The highest BCUT2D eigenvalue weighted by atomic mass is 16.4.